The van der Waals surface area contributed by atoms with E-state index < -0.39 is 0 Å². The third-order valence-corrected chi connectivity index (χ3v) is 3.81. The predicted molar refractivity (Wildman–Crippen MR) is 87.4 cm³/mol. The van der Waals surface area contributed by atoms with Gasteiger partial charge in [-0.1, -0.05) is 24.6 Å². The van der Waals surface area contributed by atoms with Crippen LogP contribution in [0.4, 0.5) is 0 Å². The number of aryl methyl sites for hydroxylation is 2. The van der Waals surface area contributed by atoms with Crippen molar-refractivity contribution < 1.29 is 4.74 Å². The minimum absolute atomic E-state index is 0.254. The topological polar surface area (TPSA) is 34.1 Å². The lowest BCUT2D eigenvalue weighted by molar-refractivity contribution is 0.472. The summed E-state index contributed by atoms with van der Waals surface area (Å²) in [5.74, 6) is 1.42. The number of nitrogens with one attached hydrogen (secondary N) is 1. The molecule has 0 fully saturated rings. The van der Waals surface area contributed by atoms with Gasteiger partial charge in [-0.3, -0.25) is 4.98 Å². The number of hydrogen-bond acceptors (Lipinski definition) is 3. The molecule has 4 heteroatoms. The molecule has 1 atom stereocenters. The fourth-order valence-corrected chi connectivity index (χ4v) is 2.33. The van der Waals surface area contributed by atoms with E-state index in [1.807, 2.05) is 44.3 Å². The highest BCUT2D eigenvalue weighted by atomic mass is 35.5. The Morgan fingerprint density at radius 2 is 1.95 bits per heavy atom. The van der Waals surface area contributed by atoms with Crippen LogP contribution in [0.25, 0.3) is 0 Å². The quantitative estimate of drug-likeness (QED) is 0.871. The highest BCUT2D eigenvalue weighted by Crippen LogP contribution is 2.33. The first-order valence-electron chi connectivity index (χ1n) is 7.16. The maximum absolute atomic E-state index is 6.33. The second kappa shape index (κ2) is 6.92. The maximum Gasteiger partial charge on any atom is 0.148 e. The van der Waals surface area contributed by atoms with Crippen LogP contribution < -0.4 is 10.1 Å². The van der Waals surface area contributed by atoms with Crippen molar-refractivity contribution in [3.8, 4) is 11.5 Å². The number of pyridine rings is 1. The molecule has 0 aliphatic rings. The molecule has 0 amide bonds. The van der Waals surface area contributed by atoms with Crippen LogP contribution in [0.3, 0.4) is 0 Å². The van der Waals surface area contributed by atoms with Crippen LogP contribution in [0.15, 0.2) is 30.3 Å². The molecule has 2 rings (SSSR count). The molecular weight excluding hydrogens is 284 g/mol. The SMILES string of the molecule is CCc1nc(C)ccc1Oc1ccc(C(C)NC)cc1Cl. The minimum Gasteiger partial charge on any atom is -0.454 e. The lowest BCUT2D eigenvalue weighted by Gasteiger charge is -2.14. The first-order valence-corrected chi connectivity index (χ1v) is 7.54. The second-order valence-corrected chi connectivity index (χ2v) is 5.46. The second-order valence-electron chi connectivity index (χ2n) is 5.05. The fraction of sp³-hybridized carbons (Fsp3) is 0.353. The molecule has 1 heterocycles. The van der Waals surface area contributed by atoms with Crippen molar-refractivity contribution in [1.82, 2.24) is 10.3 Å². The monoisotopic (exact) mass is 304 g/mol. The number of rotatable bonds is 5. The summed E-state index contributed by atoms with van der Waals surface area (Å²) in [6.45, 7) is 6.13. The molecule has 21 heavy (non-hydrogen) atoms. The molecule has 0 saturated carbocycles. The first-order chi connectivity index (χ1) is 10.0. The van der Waals surface area contributed by atoms with Crippen LogP contribution in [0.1, 0.15) is 36.8 Å². The zero-order valence-corrected chi connectivity index (χ0v) is 13.7. The molecule has 0 saturated heterocycles. The van der Waals surface area contributed by atoms with Crippen molar-refractivity contribution in [2.75, 3.05) is 7.05 Å². The van der Waals surface area contributed by atoms with Gasteiger partial charge in [0.2, 0.25) is 0 Å². The van der Waals surface area contributed by atoms with Gasteiger partial charge in [0, 0.05) is 11.7 Å². The number of benzene rings is 1. The van der Waals surface area contributed by atoms with Gasteiger partial charge in [-0.05, 0) is 57.1 Å². The van der Waals surface area contributed by atoms with Gasteiger partial charge < -0.3 is 10.1 Å². The Bertz CT molecular complexity index is 628. The van der Waals surface area contributed by atoms with E-state index in [1.165, 1.54) is 0 Å². The third-order valence-electron chi connectivity index (χ3n) is 3.52. The van der Waals surface area contributed by atoms with Crippen molar-refractivity contribution in [2.45, 2.75) is 33.2 Å². The van der Waals surface area contributed by atoms with Gasteiger partial charge in [-0.25, -0.2) is 0 Å². The van der Waals surface area contributed by atoms with Crippen LogP contribution in [-0.2, 0) is 6.42 Å². The van der Waals surface area contributed by atoms with Crippen LogP contribution in [-0.4, -0.2) is 12.0 Å². The summed E-state index contributed by atoms with van der Waals surface area (Å²) in [7, 11) is 1.93. The standard InChI is InChI=1S/C17H21ClN2O/c1-5-15-17(8-6-11(2)20-15)21-16-9-7-13(10-14(16)18)12(3)19-4/h6-10,12,19H,5H2,1-4H3. The fourth-order valence-electron chi connectivity index (χ4n) is 2.10. The van der Waals surface area contributed by atoms with Crippen molar-refractivity contribution in [2.24, 2.45) is 0 Å². The molecule has 0 radical (unpaired) electrons. The summed E-state index contributed by atoms with van der Waals surface area (Å²) in [6.07, 6.45) is 0.823. The van der Waals surface area contributed by atoms with Crippen molar-refractivity contribution in [3.05, 3.63) is 52.3 Å². The largest absolute Gasteiger partial charge is 0.454 e. The average molecular weight is 305 g/mol. The van der Waals surface area contributed by atoms with E-state index in [0.29, 0.717) is 10.8 Å². The van der Waals surface area contributed by atoms with E-state index in [1.54, 1.807) is 0 Å². The Morgan fingerprint density at radius 3 is 2.57 bits per heavy atom. The van der Waals surface area contributed by atoms with E-state index in [0.717, 1.165) is 29.1 Å². The Kier molecular flexibility index (Phi) is 5.21. The summed E-state index contributed by atoms with van der Waals surface area (Å²) in [4.78, 5) is 4.50. The van der Waals surface area contributed by atoms with Crippen LogP contribution in [0.2, 0.25) is 5.02 Å². The molecule has 0 spiro atoms. The Balaban J connectivity index is 2.28. The zero-order chi connectivity index (χ0) is 15.4. The van der Waals surface area contributed by atoms with Crippen molar-refractivity contribution in [3.63, 3.8) is 0 Å². The first kappa shape index (κ1) is 15.8. The van der Waals surface area contributed by atoms with E-state index in [-0.39, 0.29) is 6.04 Å². The van der Waals surface area contributed by atoms with Gasteiger partial charge in [0.25, 0.3) is 0 Å². The average Bonchev–Trinajstić information content (AvgIpc) is 2.49. The van der Waals surface area contributed by atoms with Gasteiger partial charge in [0.15, 0.2) is 0 Å². The van der Waals surface area contributed by atoms with Crippen LogP contribution >= 0.6 is 11.6 Å². The predicted octanol–water partition coefficient (Wildman–Crippen LogP) is 4.68. The third kappa shape index (κ3) is 3.74. The Morgan fingerprint density at radius 1 is 1.24 bits per heavy atom. The number of hydrogen-bond donors (Lipinski definition) is 1. The van der Waals surface area contributed by atoms with E-state index in [9.17, 15) is 0 Å². The van der Waals surface area contributed by atoms with Gasteiger partial charge in [-0.2, -0.15) is 0 Å². The number of aromatic nitrogens is 1. The number of halogens is 1. The molecule has 0 bridgehead atoms. The van der Waals surface area contributed by atoms with E-state index >= 15 is 0 Å². The normalized spacial score (nSPS) is 12.2. The molecular formula is C17H21ClN2O. The smallest absolute Gasteiger partial charge is 0.148 e. The molecule has 1 aromatic carbocycles. The lowest BCUT2D eigenvalue weighted by atomic mass is 10.1. The molecule has 1 N–H and O–H groups in total. The lowest BCUT2D eigenvalue weighted by Crippen LogP contribution is -2.12. The zero-order valence-electron chi connectivity index (χ0n) is 12.9. The van der Waals surface area contributed by atoms with Crippen molar-refractivity contribution in [1.29, 1.82) is 0 Å². The van der Waals surface area contributed by atoms with Gasteiger partial charge in [0.05, 0.1) is 10.7 Å². The minimum atomic E-state index is 0.254. The summed E-state index contributed by atoms with van der Waals surface area (Å²) in [6, 6.07) is 10.0. The summed E-state index contributed by atoms with van der Waals surface area (Å²) < 4.78 is 5.94. The molecule has 112 valence electrons. The number of ether oxygens (including phenoxy) is 1. The van der Waals surface area contributed by atoms with E-state index in [2.05, 4.69) is 24.1 Å². The highest BCUT2D eigenvalue weighted by molar-refractivity contribution is 6.32. The maximum atomic E-state index is 6.33. The molecule has 3 nitrogen and oxygen atoms in total. The van der Waals surface area contributed by atoms with Gasteiger partial charge >= 0.3 is 0 Å². The van der Waals surface area contributed by atoms with Crippen molar-refractivity contribution >= 4 is 11.6 Å². The molecule has 0 aliphatic carbocycles. The molecule has 0 aliphatic heterocycles. The van der Waals surface area contributed by atoms with Gasteiger partial charge in [0.1, 0.15) is 11.5 Å². The molecule has 2 aromatic rings. The Hall–Kier alpha value is -1.58. The molecule has 1 aromatic heterocycles. The van der Waals surface area contributed by atoms with Crippen LogP contribution in [0.5, 0.6) is 11.5 Å². The number of nitrogens with zero attached hydrogens (tertiary/aromatic N) is 1. The summed E-state index contributed by atoms with van der Waals surface area (Å²) in [5.41, 5.74) is 3.06. The summed E-state index contributed by atoms with van der Waals surface area (Å²) in [5, 5.41) is 3.80. The van der Waals surface area contributed by atoms with Crippen LogP contribution in [0, 0.1) is 6.92 Å². The van der Waals surface area contributed by atoms with Gasteiger partial charge in [-0.15, -0.1) is 0 Å². The highest BCUT2D eigenvalue weighted by Gasteiger charge is 2.10. The van der Waals surface area contributed by atoms with E-state index in [4.69, 9.17) is 16.3 Å². The molecule has 1 unspecified atom stereocenters. The summed E-state index contributed by atoms with van der Waals surface area (Å²) >= 11 is 6.33. The Labute approximate surface area is 131 Å².